The molecule has 1 rings (SSSR count). The van der Waals surface area contributed by atoms with Gasteiger partial charge in [-0.2, -0.15) is 0 Å². The van der Waals surface area contributed by atoms with Crippen molar-refractivity contribution in [2.75, 3.05) is 0 Å². The van der Waals surface area contributed by atoms with Crippen molar-refractivity contribution in [3.8, 4) is 0 Å². The quantitative estimate of drug-likeness (QED) is 0.488. The van der Waals surface area contributed by atoms with Crippen LogP contribution < -0.4 is 5.32 Å². The molecular formula is C3H6NO3PS. The van der Waals surface area contributed by atoms with E-state index in [1.165, 1.54) is 6.20 Å². The molecule has 9 heavy (non-hydrogen) atoms. The van der Waals surface area contributed by atoms with Crippen LogP contribution in [0.5, 0.6) is 0 Å². The van der Waals surface area contributed by atoms with E-state index in [0.717, 1.165) is 11.8 Å². The molecule has 0 fully saturated rings. The Morgan fingerprint density at radius 3 is 2.56 bits per heavy atom. The summed E-state index contributed by atoms with van der Waals surface area (Å²) < 4.78 is 10.4. The first-order chi connectivity index (χ1) is 4.11. The van der Waals surface area contributed by atoms with E-state index in [4.69, 9.17) is 9.79 Å². The highest BCUT2D eigenvalue weighted by Gasteiger charge is 2.29. The molecule has 0 amide bonds. The molecule has 1 aliphatic rings. The Hall–Kier alpha value is 0.0400. The maximum absolute atomic E-state index is 10.4. The van der Waals surface area contributed by atoms with Crippen LogP contribution in [0, 0.1) is 0 Å². The largest absolute Gasteiger partial charge is 0.369 e. The van der Waals surface area contributed by atoms with E-state index in [1.807, 2.05) is 0 Å². The maximum Gasteiger partial charge on any atom is 0.358 e. The summed E-state index contributed by atoms with van der Waals surface area (Å²) in [7, 11) is -3.92. The molecule has 1 unspecified atom stereocenters. The molecule has 0 saturated heterocycles. The zero-order valence-electron chi connectivity index (χ0n) is 4.39. The highest BCUT2D eigenvalue weighted by Crippen LogP contribution is 2.47. The summed E-state index contributed by atoms with van der Waals surface area (Å²) in [6.07, 6.45) is 1.52. The third-order valence-electron chi connectivity index (χ3n) is 0.820. The van der Waals surface area contributed by atoms with E-state index in [1.54, 1.807) is 5.41 Å². The minimum atomic E-state index is -3.92. The van der Waals surface area contributed by atoms with Crippen molar-refractivity contribution in [3.05, 3.63) is 11.6 Å². The van der Waals surface area contributed by atoms with E-state index >= 15 is 0 Å². The lowest BCUT2D eigenvalue weighted by atomic mass is 11.0. The molecule has 1 heterocycles. The Balaban J connectivity index is 2.56. The minimum Gasteiger partial charge on any atom is -0.369 e. The van der Waals surface area contributed by atoms with E-state index < -0.39 is 12.7 Å². The van der Waals surface area contributed by atoms with Crippen LogP contribution in [0.2, 0.25) is 0 Å². The van der Waals surface area contributed by atoms with Crippen molar-refractivity contribution in [1.82, 2.24) is 5.32 Å². The SMILES string of the molecule is O=P(O)(O)C1NC=CS1. The van der Waals surface area contributed by atoms with Crippen LogP contribution in [0.4, 0.5) is 0 Å². The lowest BCUT2D eigenvalue weighted by Crippen LogP contribution is -2.15. The molecule has 4 nitrogen and oxygen atoms in total. The fourth-order valence-electron chi connectivity index (χ4n) is 0.451. The molecule has 0 spiro atoms. The number of hydrogen-bond acceptors (Lipinski definition) is 3. The van der Waals surface area contributed by atoms with Crippen LogP contribution in [0.3, 0.4) is 0 Å². The van der Waals surface area contributed by atoms with E-state index in [0.29, 0.717) is 0 Å². The molecule has 1 atom stereocenters. The van der Waals surface area contributed by atoms with Crippen LogP contribution in [0.1, 0.15) is 0 Å². The summed E-state index contributed by atoms with van der Waals surface area (Å²) >= 11 is 1.09. The van der Waals surface area contributed by atoms with Gasteiger partial charge in [0.15, 0.2) is 5.11 Å². The fraction of sp³-hybridized carbons (Fsp3) is 0.333. The van der Waals surface area contributed by atoms with Crippen molar-refractivity contribution >= 4 is 19.4 Å². The Labute approximate surface area is 56.5 Å². The summed E-state index contributed by atoms with van der Waals surface area (Å²) in [4.78, 5) is 17.0. The fourth-order valence-corrected chi connectivity index (χ4v) is 2.04. The summed E-state index contributed by atoms with van der Waals surface area (Å²) in [6.45, 7) is 0. The predicted molar refractivity (Wildman–Crippen MR) is 35.7 cm³/mol. The smallest absolute Gasteiger partial charge is 0.358 e. The Bertz CT molecular complexity index is 168. The van der Waals surface area contributed by atoms with Gasteiger partial charge in [-0.05, 0) is 5.41 Å². The monoisotopic (exact) mass is 167 g/mol. The maximum atomic E-state index is 10.4. The molecule has 0 bridgehead atoms. The summed E-state index contributed by atoms with van der Waals surface area (Å²) in [5.74, 6) is 0. The predicted octanol–water partition coefficient (Wildman–Crippen LogP) is 0.255. The van der Waals surface area contributed by atoms with E-state index in [-0.39, 0.29) is 0 Å². The average molecular weight is 167 g/mol. The Morgan fingerprint density at radius 2 is 2.33 bits per heavy atom. The van der Waals surface area contributed by atoms with Gasteiger partial charge in [-0.15, -0.1) is 0 Å². The molecule has 0 saturated carbocycles. The summed E-state index contributed by atoms with van der Waals surface area (Å²) in [6, 6.07) is 0. The topological polar surface area (TPSA) is 69.6 Å². The molecule has 52 valence electrons. The second kappa shape index (κ2) is 2.34. The first kappa shape index (κ1) is 7.15. The van der Waals surface area contributed by atoms with Crippen molar-refractivity contribution in [3.63, 3.8) is 0 Å². The van der Waals surface area contributed by atoms with Gasteiger partial charge in [-0.3, -0.25) is 4.57 Å². The zero-order chi connectivity index (χ0) is 6.91. The van der Waals surface area contributed by atoms with Crippen LogP contribution in [0.25, 0.3) is 0 Å². The normalized spacial score (nSPS) is 26.2. The van der Waals surface area contributed by atoms with Gasteiger partial charge in [-0.25, -0.2) is 0 Å². The summed E-state index contributed by atoms with van der Waals surface area (Å²) in [5, 5.41) is 3.36. The average Bonchev–Trinajstić information content (AvgIpc) is 2.08. The standard InChI is InChI=1S/C3H6NO3PS/c5-8(6,7)3-4-1-2-9-3/h1-4H,(H2,5,6,7). The Kier molecular flexibility index (Phi) is 1.86. The van der Waals surface area contributed by atoms with Gasteiger partial charge in [0, 0.05) is 6.20 Å². The minimum absolute atomic E-state index is 0.766. The van der Waals surface area contributed by atoms with Gasteiger partial charge < -0.3 is 15.1 Å². The lowest BCUT2D eigenvalue weighted by molar-refractivity contribution is 0.367. The van der Waals surface area contributed by atoms with Gasteiger partial charge in [0.25, 0.3) is 0 Å². The molecule has 1 aliphatic heterocycles. The first-order valence-electron chi connectivity index (χ1n) is 2.22. The highest BCUT2D eigenvalue weighted by molar-refractivity contribution is 8.07. The van der Waals surface area contributed by atoms with Crippen LogP contribution in [-0.2, 0) is 4.57 Å². The summed E-state index contributed by atoms with van der Waals surface area (Å²) in [5.41, 5.74) is 0. The second-order valence-electron chi connectivity index (χ2n) is 1.55. The van der Waals surface area contributed by atoms with Crippen LogP contribution >= 0.6 is 19.4 Å². The van der Waals surface area contributed by atoms with Gasteiger partial charge >= 0.3 is 7.60 Å². The molecule has 0 aliphatic carbocycles. The number of nitrogens with one attached hydrogen (secondary N) is 1. The van der Waals surface area contributed by atoms with Gasteiger partial charge in [0.1, 0.15) is 0 Å². The molecule has 0 aromatic carbocycles. The lowest BCUT2D eigenvalue weighted by Gasteiger charge is -2.10. The first-order valence-corrected chi connectivity index (χ1v) is 4.85. The molecule has 0 radical (unpaired) electrons. The van der Waals surface area contributed by atoms with Crippen molar-refractivity contribution in [2.45, 2.75) is 5.11 Å². The number of thioether (sulfide) groups is 1. The molecular weight excluding hydrogens is 161 g/mol. The molecule has 3 N–H and O–H groups in total. The molecule has 0 aromatic heterocycles. The van der Waals surface area contributed by atoms with Crippen molar-refractivity contribution < 1.29 is 14.4 Å². The number of rotatable bonds is 1. The second-order valence-corrected chi connectivity index (χ2v) is 4.61. The van der Waals surface area contributed by atoms with E-state index in [9.17, 15) is 4.57 Å². The van der Waals surface area contributed by atoms with Crippen LogP contribution in [-0.4, -0.2) is 14.9 Å². The van der Waals surface area contributed by atoms with Gasteiger partial charge in [0.05, 0.1) is 0 Å². The number of hydrogen-bond donors (Lipinski definition) is 3. The van der Waals surface area contributed by atoms with E-state index in [2.05, 4.69) is 5.32 Å². The third kappa shape index (κ3) is 1.72. The zero-order valence-corrected chi connectivity index (χ0v) is 6.10. The van der Waals surface area contributed by atoms with Crippen molar-refractivity contribution in [2.24, 2.45) is 0 Å². The third-order valence-corrected chi connectivity index (χ3v) is 3.46. The Morgan fingerprint density at radius 1 is 1.67 bits per heavy atom. The molecule has 0 aromatic rings. The highest BCUT2D eigenvalue weighted by atomic mass is 32.2. The van der Waals surface area contributed by atoms with Crippen LogP contribution in [0.15, 0.2) is 11.6 Å². The van der Waals surface area contributed by atoms with Crippen molar-refractivity contribution in [1.29, 1.82) is 0 Å². The molecule has 6 heteroatoms. The van der Waals surface area contributed by atoms with Gasteiger partial charge in [-0.1, -0.05) is 11.8 Å². The van der Waals surface area contributed by atoms with Gasteiger partial charge in [0.2, 0.25) is 0 Å².